The minimum atomic E-state index is -0.603. The Morgan fingerprint density at radius 3 is 3.00 bits per heavy atom. The lowest BCUT2D eigenvalue weighted by atomic mass is 10.4. The molecule has 0 aliphatic rings. The van der Waals surface area contributed by atoms with Gasteiger partial charge in [-0.3, -0.25) is 4.79 Å². The van der Waals surface area contributed by atoms with Crippen molar-refractivity contribution in [2.24, 2.45) is 0 Å². The Balaban J connectivity index is 2.18. The van der Waals surface area contributed by atoms with Crippen LogP contribution in [-0.2, 0) is 19.1 Å². The van der Waals surface area contributed by atoms with Gasteiger partial charge in [0.1, 0.15) is 5.76 Å². The Kier molecular flexibility index (Phi) is 6.27. The normalized spacial score (nSPS) is 10.5. The van der Waals surface area contributed by atoms with E-state index < -0.39 is 5.97 Å². The van der Waals surface area contributed by atoms with Crippen molar-refractivity contribution < 1.29 is 23.5 Å². The topological polar surface area (TPSA) is 77.8 Å². The highest BCUT2D eigenvalue weighted by Gasteiger charge is 2.04. The first kappa shape index (κ1) is 14.0. The van der Waals surface area contributed by atoms with E-state index >= 15 is 0 Å². The summed E-state index contributed by atoms with van der Waals surface area (Å²) in [6, 6.07) is 3.40. The van der Waals surface area contributed by atoms with Gasteiger partial charge in [0.05, 0.1) is 12.9 Å². The molecule has 98 valence electrons. The predicted molar refractivity (Wildman–Crippen MR) is 63.6 cm³/mol. The predicted octanol–water partition coefficient (Wildman–Crippen LogP) is 0.599. The Labute approximate surface area is 105 Å². The molecule has 1 N–H and O–H groups in total. The van der Waals surface area contributed by atoms with Gasteiger partial charge < -0.3 is 19.2 Å². The molecule has 0 aliphatic heterocycles. The van der Waals surface area contributed by atoms with E-state index in [0.717, 1.165) is 0 Å². The standard InChI is InChI=1S/C12H15NO5/c1-16-8-6-13-11(14)9-18-12(15)5-4-10-3-2-7-17-10/h2-5,7H,6,8-9H2,1H3,(H,13,14)/b5-4+. The van der Waals surface area contributed by atoms with Crippen LogP contribution >= 0.6 is 0 Å². The highest BCUT2D eigenvalue weighted by Crippen LogP contribution is 2.02. The van der Waals surface area contributed by atoms with Crippen LogP contribution in [0.2, 0.25) is 0 Å². The number of ether oxygens (including phenoxy) is 2. The molecule has 1 aromatic heterocycles. The summed E-state index contributed by atoms with van der Waals surface area (Å²) in [4.78, 5) is 22.4. The number of carbonyl (C=O) groups is 2. The molecule has 1 rings (SSSR count). The SMILES string of the molecule is COCCNC(=O)COC(=O)/C=C/c1ccco1. The number of carbonyl (C=O) groups excluding carboxylic acids is 2. The average Bonchev–Trinajstić information content (AvgIpc) is 2.87. The van der Waals surface area contributed by atoms with E-state index in [4.69, 9.17) is 13.9 Å². The number of nitrogens with one attached hydrogen (secondary N) is 1. The Hall–Kier alpha value is -2.08. The number of rotatable bonds is 7. The van der Waals surface area contributed by atoms with E-state index in [0.29, 0.717) is 18.9 Å². The van der Waals surface area contributed by atoms with E-state index in [2.05, 4.69) is 5.32 Å². The van der Waals surface area contributed by atoms with Crippen molar-refractivity contribution in [2.75, 3.05) is 26.9 Å². The van der Waals surface area contributed by atoms with Gasteiger partial charge in [-0.2, -0.15) is 0 Å². The fourth-order valence-corrected chi connectivity index (χ4v) is 1.06. The Bertz CT molecular complexity index is 397. The van der Waals surface area contributed by atoms with Crippen LogP contribution in [0.4, 0.5) is 0 Å². The molecular formula is C12H15NO5. The molecule has 18 heavy (non-hydrogen) atoms. The lowest BCUT2D eigenvalue weighted by Crippen LogP contribution is -2.31. The number of esters is 1. The van der Waals surface area contributed by atoms with Crippen molar-refractivity contribution in [1.82, 2.24) is 5.32 Å². The Morgan fingerprint density at radius 1 is 1.50 bits per heavy atom. The molecule has 0 radical (unpaired) electrons. The summed E-state index contributed by atoms with van der Waals surface area (Å²) in [6.45, 7) is 0.484. The van der Waals surface area contributed by atoms with Crippen LogP contribution in [-0.4, -0.2) is 38.7 Å². The molecule has 1 aromatic rings. The van der Waals surface area contributed by atoms with Gasteiger partial charge in [-0.15, -0.1) is 0 Å². The van der Waals surface area contributed by atoms with Crippen LogP contribution in [0.3, 0.4) is 0 Å². The number of amides is 1. The molecule has 0 aromatic carbocycles. The van der Waals surface area contributed by atoms with E-state index in [-0.39, 0.29) is 12.5 Å². The Morgan fingerprint density at radius 2 is 2.33 bits per heavy atom. The van der Waals surface area contributed by atoms with Gasteiger partial charge in [0, 0.05) is 19.7 Å². The zero-order valence-corrected chi connectivity index (χ0v) is 10.0. The number of hydrogen-bond donors (Lipinski definition) is 1. The van der Waals surface area contributed by atoms with Gasteiger partial charge in [0.15, 0.2) is 6.61 Å². The quantitative estimate of drug-likeness (QED) is 0.437. The lowest BCUT2D eigenvalue weighted by Gasteiger charge is -2.04. The third kappa shape index (κ3) is 5.86. The second kappa shape index (κ2) is 8.08. The van der Waals surface area contributed by atoms with Gasteiger partial charge in [-0.1, -0.05) is 0 Å². The van der Waals surface area contributed by atoms with Crippen LogP contribution in [0, 0.1) is 0 Å². The van der Waals surface area contributed by atoms with Crippen LogP contribution in [0.5, 0.6) is 0 Å². The molecule has 0 saturated heterocycles. The summed E-state index contributed by atoms with van der Waals surface area (Å²) < 4.78 is 14.5. The number of methoxy groups -OCH3 is 1. The first-order chi connectivity index (χ1) is 8.72. The first-order valence-corrected chi connectivity index (χ1v) is 5.36. The van der Waals surface area contributed by atoms with E-state index in [1.165, 1.54) is 25.5 Å². The summed E-state index contributed by atoms with van der Waals surface area (Å²) in [5.41, 5.74) is 0. The third-order valence-electron chi connectivity index (χ3n) is 1.90. The van der Waals surface area contributed by atoms with Gasteiger partial charge in [0.2, 0.25) is 0 Å². The second-order valence-corrected chi connectivity index (χ2v) is 3.30. The monoisotopic (exact) mass is 253 g/mol. The molecule has 0 atom stereocenters. The van der Waals surface area contributed by atoms with Crippen molar-refractivity contribution in [3.63, 3.8) is 0 Å². The zero-order chi connectivity index (χ0) is 13.2. The molecule has 0 saturated carbocycles. The molecule has 1 amide bonds. The maximum absolute atomic E-state index is 11.2. The number of furan rings is 1. The number of hydrogen-bond acceptors (Lipinski definition) is 5. The minimum absolute atomic E-state index is 0.314. The van der Waals surface area contributed by atoms with Gasteiger partial charge >= 0.3 is 5.97 Å². The molecule has 0 aliphatic carbocycles. The average molecular weight is 253 g/mol. The van der Waals surface area contributed by atoms with Crippen LogP contribution in [0.1, 0.15) is 5.76 Å². The summed E-state index contributed by atoms with van der Waals surface area (Å²) in [5, 5.41) is 2.52. The van der Waals surface area contributed by atoms with E-state index in [9.17, 15) is 9.59 Å². The smallest absolute Gasteiger partial charge is 0.331 e. The molecule has 6 heteroatoms. The van der Waals surface area contributed by atoms with Crippen molar-refractivity contribution in [2.45, 2.75) is 0 Å². The molecule has 0 bridgehead atoms. The van der Waals surface area contributed by atoms with Crippen molar-refractivity contribution in [1.29, 1.82) is 0 Å². The largest absolute Gasteiger partial charge is 0.465 e. The highest BCUT2D eigenvalue weighted by atomic mass is 16.5. The van der Waals surface area contributed by atoms with E-state index in [1.807, 2.05) is 0 Å². The summed E-state index contributed by atoms with van der Waals surface area (Å²) in [6.07, 6.45) is 4.15. The fraction of sp³-hybridized carbons (Fsp3) is 0.333. The maximum atomic E-state index is 11.2. The van der Waals surface area contributed by atoms with Gasteiger partial charge in [0.25, 0.3) is 5.91 Å². The second-order valence-electron chi connectivity index (χ2n) is 3.30. The van der Waals surface area contributed by atoms with Crippen LogP contribution < -0.4 is 5.32 Å². The molecule has 6 nitrogen and oxygen atoms in total. The molecule has 0 spiro atoms. The van der Waals surface area contributed by atoms with Crippen molar-refractivity contribution >= 4 is 18.0 Å². The van der Waals surface area contributed by atoms with Crippen molar-refractivity contribution in [3.05, 3.63) is 30.2 Å². The van der Waals surface area contributed by atoms with Crippen molar-refractivity contribution in [3.8, 4) is 0 Å². The molecule has 0 unspecified atom stereocenters. The summed E-state index contributed by atoms with van der Waals surface area (Å²) in [7, 11) is 1.53. The molecular weight excluding hydrogens is 238 g/mol. The minimum Gasteiger partial charge on any atom is -0.465 e. The molecule has 0 fully saturated rings. The summed E-state index contributed by atoms with van der Waals surface area (Å²) in [5.74, 6) is -0.434. The maximum Gasteiger partial charge on any atom is 0.331 e. The molecule has 1 heterocycles. The fourth-order valence-electron chi connectivity index (χ4n) is 1.06. The van der Waals surface area contributed by atoms with Gasteiger partial charge in [-0.25, -0.2) is 4.79 Å². The van der Waals surface area contributed by atoms with Crippen LogP contribution in [0.15, 0.2) is 28.9 Å². The van der Waals surface area contributed by atoms with E-state index in [1.54, 1.807) is 12.1 Å². The lowest BCUT2D eigenvalue weighted by molar-refractivity contribution is -0.143. The third-order valence-corrected chi connectivity index (χ3v) is 1.90. The first-order valence-electron chi connectivity index (χ1n) is 5.36. The zero-order valence-electron chi connectivity index (χ0n) is 10.0. The highest BCUT2D eigenvalue weighted by molar-refractivity contribution is 5.88. The van der Waals surface area contributed by atoms with Crippen LogP contribution in [0.25, 0.3) is 6.08 Å². The summed E-state index contributed by atoms with van der Waals surface area (Å²) >= 11 is 0. The van der Waals surface area contributed by atoms with Gasteiger partial charge in [-0.05, 0) is 18.2 Å².